The van der Waals surface area contributed by atoms with Gasteiger partial charge >= 0.3 is 6.18 Å². The van der Waals surface area contributed by atoms with Crippen molar-refractivity contribution in [1.29, 1.82) is 0 Å². The van der Waals surface area contributed by atoms with Crippen LogP contribution in [0.25, 0.3) is 11.1 Å². The summed E-state index contributed by atoms with van der Waals surface area (Å²) in [6, 6.07) is 24.6. The summed E-state index contributed by atoms with van der Waals surface area (Å²) in [6.07, 6.45) is -4.28. The number of amides is 1. The second kappa shape index (κ2) is 9.57. The van der Waals surface area contributed by atoms with E-state index in [1.807, 2.05) is 54.6 Å². The van der Waals surface area contributed by atoms with E-state index in [4.69, 9.17) is 0 Å². The lowest BCUT2D eigenvalue weighted by Crippen LogP contribution is -2.31. The van der Waals surface area contributed by atoms with Gasteiger partial charge in [-0.15, -0.1) is 0 Å². The van der Waals surface area contributed by atoms with Crippen LogP contribution < -0.4 is 0 Å². The number of aromatic nitrogens is 2. The Hall–Kier alpha value is -4.40. The maximum atomic E-state index is 13.3. The van der Waals surface area contributed by atoms with Gasteiger partial charge < -0.3 is 5.11 Å². The lowest BCUT2D eigenvalue weighted by molar-refractivity contribution is -0.142. The number of carbonyl (C=O) groups is 1. The van der Waals surface area contributed by atoms with E-state index < -0.39 is 30.4 Å². The Morgan fingerprint density at radius 1 is 0.946 bits per heavy atom. The lowest BCUT2D eigenvalue weighted by atomic mass is 9.96. The van der Waals surface area contributed by atoms with Gasteiger partial charge in [0, 0.05) is 17.7 Å². The first kappa shape index (κ1) is 24.3. The minimum atomic E-state index is -4.61. The lowest BCUT2D eigenvalue weighted by Gasteiger charge is -2.23. The summed E-state index contributed by atoms with van der Waals surface area (Å²) >= 11 is 0. The topological polar surface area (TPSA) is 70.7 Å². The van der Waals surface area contributed by atoms with Crippen LogP contribution in [-0.4, -0.2) is 31.5 Å². The number of para-hydroxylation sites is 1. The van der Waals surface area contributed by atoms with Crippen LogP contribution in [-0.2, 0) is 17.5 Å². The number of aromatic hydroxyl groups is 1. The highest BCUT2D eigenvalue weighted by Gasteiger charge is 2.37. The first-order valence-corrected chi connectivity index (χ1v) is 11.7. The second-order valence-electron chi connectivity index (χ2n) is 8.83. The Morgan fingerprint density at radius 2 is 1.57 bits per heavy atom. The molecule has 1 amide bonds. The molecule has 6 nitrogen and oxygen atoms in total. The average Bonchev–Trinajstić information content (AvgIpc) is 3.49. The van der Waals surface area contributed by atoms with Crippen LogP contribution in [0.15, 0.2) is 90.0 Å². The van der Waals surface area contributed by atoms with Gasteiger partial charge in [0.1, 0.15) is 12.3 Å². The minimum Gasteiger partial charge on any atom is -0.508 e. The number of phenolic OH excluding ortho intramolecular Hbond substituents is 1. The molecule has 0 saturated carbocycles. The first-order valence-electron chi connectivity index (χ1n) is 11.7. The van der Waals surface area contributed by atoms with Crippen LogP contribution >= 0.6 is 0 Å². The van der Waals surface area contributed by atoms with E-state index in [2.05, 4.69) is 10.2 Å². The Bertz CT molecular complexity index is 1460. The monoisotopic (exact) mass is 504 g/mol. The molecule has 0 saturated heterocycles. The molecule has 9 heteroatoms. The quantitative estimate of drug-likeness (QED) is 0.365. The molecule has 2 heterocycles. The fourth-order valence-corrected chi connectivity index (χ4v) is 4.42. The molecule has 1 aliphatic rings. The number of benzene rings is 3. The summed E-state index contributed by atoms with van der Waals surface area (Å²) < 4.78 is 40.3. The van der Waals surface area contributed by atoms with E-state index in [9.17, 15) is 23.1 Å². The van der Waals surface area contributed by atoms with Crippen LogP contribution in [0.2, 0.25) is 0 Å². The number of hydrazone groups is 1. The normalized spacial score (nSPS) is 15.6. The van der Waals surface area contributed by atoms with E-state index in [-0.39, 0.29) is 11.4 Å². The number of rotatable bonds is 5. The predicted octanol–water partition coefficient (Wildman–Crippen LogP) is 5.96. The maximum Gasteiger partial charge on any atom is 0.435 e. The van der Waals surface area contributed by atoms with Crippen molar-refractivity contribution in [2.45, 2.75) is 32.1 Å². The zero-order valence-corrected chi connectivity index (χ0v) is 19.9. The zero-order valence-electron chi connectivity index (χ0n) is 19.9. The molecule has 0 aliphatic carbocycles. The number of hydrogen-bond acceptors (Lipinski definition) is 4. The molecule has 0 fully saturated rings. The Morgan fingerprint density at radius 3 is 2.22 bits per heavy atom. The molecule has 0 spiro atoms. The molecule has 1 aromatic heterocycles. The smallest absolute Gasteiger partial charge is 0.435 e. The molecule has 5 rings (SSSR count). The van der Waals surface area contributed by atoms with Gasteiger partial charge in [0.05, 0.1) is 11.8 Å². The van der Waals surface area contributed by atoms with Crippen molar-refractivity contribution in [3.63, 3.8) is 0 Å². The molecule has 3 aromatic carbocycles. The zero-order chi connectivity index (χ0) is 26.2. The minimum absolute atomic E-state index is 0.0100. The molecular weight excluding hydrogens is 481 g/mol. The number of carbonyl (C=O) groups excluding carboxylic acids is 1. The highest BCUT2D eigenvalue weighted by Crippen LogP contribution is 2.37. The summed E-state index contributed by atoms with van der Waals surface area (Å²) in [5, 5.41) is 19.9. The Labute approximate surface area is 211 Å². The van der Waals surface area contributed by atoms with Crippen LogP contribution in [0.3, 0.4) is 0 Å². The molecule has 4 aromatic rings. The van der Waals surface area contributed by atoms with Gasteiger partial charge in [-0.05, 0) is 35.7 Å². The van der Waals surface area contributed by atoms with Crippen LogP contribution in [0.1, 0.15) is 35.0 Å². The molecule has 0 radical (unpaired) electrons. The molecule has 1 aliphatic heterocycles. The summed E-state index contributed by atoms with van der Waals surface area (Å²) in [5.41, 5.74) is 3.20. The maximum absolute atomic E-state index is 13.3. The van der Waals surface area contributed by atoms with Crippen molar-refractivity contribution in [3.05, 3.63) is 107 Å². The molecule has 0 bridgehead atoms. The first-order chi connectivity index (χ1) is 17.7. The molecule has 0 unspecified atom stereocenters. The van der Waals surface area contributed by atoms with E-state index in [1.54, 1.807) is 18.2 Å². The van der Waals surface area contributed by atoms with Crippen molar-refractivity contribution >= 4 is 11.6 Å². The van der Waals surface area contributed by atoms with Crippen molar-refractivity contribution < 1.29 is 23.1 Å². The number of hydrogen-bond donors (Lipinski definition) is 1. The Kier molecular flexibility index (Phi) is 6.29. The van der Waals surface area contributed by atoms with E-state index in [1.165, 1.54) is 18.0 Å². The highest BCUT2D eigenvalue weighted by atomic mass is 19.4. The Balaban J connectivity index is 1.45. The second-order valence-corrected chi connectivity index (χ2v) is 8.83. The van der Waals surface area contributed by atoms with E-state index in [0.717, 1.165) is 27.4 Å². The average molecular weight is 505 g/mol. The third-order valence-electron chi connectivity index (χ3n) is 6.34. The van der Waals surface area contributed by atoms with Crippen molar-refractivity contribution in [2.24, 2.45) is 5.10 Å². The number of nitrogens with zero attached hydrogens (tertiary/aromatic N) is 4. The predicted molar refractivity (Wildman–Crippen MR) is 133 cm³/mol. The molecule has 1 N–H and O–H groups in total. The van der Waals surface area contributed by atoms with E-state index >= 15 is 0 Å². The van der Waals surface area contributed by atoms with Gasteiger partial charge in [-0.1, -0.05) is 72.8 Å². The van der Waals surface area contributed by atoms with Gasteiger partial charge in [0.25, 0.3) is 5.91 Å². The van der Waals surface area contributed by atoms with Gasteiger partial charge in [-0.3, -0.25) is 9.48 Å². The summed E-state index contributed by atoms with van der Waals surface area (Å²) in [5.74, 6) is -0.528. The largest absolute Gasteiger partial charge is 0.508 e. The van der Waals surface area contributed by atoms with Crippen LogP contribution in [0.4, 0.5) is 13.2 Å². The van der Waals surface area contributed by atoms with Crippen molar-refractivity contribution in [3.8, 4) is 16.9 Å². The van der Waals surface area contributed by atoms with Gasteiger partial charge in [-0.25, -0.2) is 5.01 Å². The van der Waals surface area contributed by atoms with Gasteiger partial charge in [0.15, 0.2) is 5.69 Å². The van der Waals surface area contributed by atoms with Crippen molar-refractivity contribution in [1.82, 2.24) is 14.8 Å². The number of phenols is 1. The van der Waals surface area contributed by atoms with Crippen molar-refractivity contribution in [2.75, 3.05) is 0 Å². The summed E-state index contributed by atoms with van der Waals surface area (Å²) in [4.78, 5) is 13.3. The number of alkyl halides is 3. The number of aryl methyl sites for hydroxylation is 1. The highest BCUT2D eigenvalue weighted by molar-refractivity contribution is 6.03. The molecular formula is C28H23F3N4O2. The van der Waals surface area contributed by atoms with Gasteiger partial charge in [0.2, 0.25) is 0 Å². The third-order valence-corrected chi connectivity index (χ3v) is 6.34. The standard InChI is InChI=1S/C28H23F3N4O2/c1-18-15-26(28(29,30)31)33-34(18)17-27(37)35-24(22-9-5-6-10-25(22)36)16-23(32-35)21-13-11-20(12-14-21)19-7-3-2-4-8-19/h2-15,24,36H,16-17H2,1H3/t24-/m1/s1. The summed E-state index contributed by atoms with van der Waals surface area (Å²) in [7, 11) is 0. The summed E-state index contributed by atoms with van der Waals surface area (Å²) in [6.45, 7) is 1.04. The fraction of sp³-hybridized carbons (Fsp3) is 0.179. The van der Waals surface area contributed by atoms with Crippen LogP contribution in [0.5, 0.6) is 5.75 Å². The molecule has 1 atom stereocenters. The SMILES string of the molecule is Cc1cc(C(F)(F)F)nn1CC(=O)N1N=C(c2ccc(-c3ccccc3)cc2)C[C@@H]1c1ccccc1O. The molecule has 188 valence electrons. The van der Waals surface area contributed by atoms with Gasteiger partial charge in [-0.2, -0.15) is 23.4 Å². The fourth-order valence-electron chi connectivity index (χ4n) is 4.42. The molecule has 37 heavy (non-hydrogen) atoms. The van der Waals surface area contributed by atoms with E-state index in [0.29, 0.717) is 17.7 Å². The van der Waals surface area contributed by atoms with Crippen LogP contribution in [0, 0.1) is 6.92 Å². The number of halogens is 3. The third kappa shape index (κ3) is 4.97.